The average molecular weight is 423 g/mol. The van der Waals surface area contributed by atoms with E-state index in [2.05, 4.69) is 37.0 Å². The summed E-state index contributed by atoms with van der Waals surface area (Å²) in [6, 6.07) is 5.36. The number of benzene rings is 1. The highest BCUT2D eigenvalue weighted by molar-refractivity contribution is 9.11. The Balaban J connectivity index is 2.39. The molecule has 0 aliphatic rings. The van der Waals surface area contributed by atoms with E-state index in [0.717, 1.165) is 8.95 Å². The van der Waals surface area contributed by atoms with Gasteiger partial charge in [-0.1, -0.05) is 43.5 Å². The molecule has 1 aromatic heterocycles. The van der Waals surface area contributed by atoms with Crippen LogP contribution in [0.1, 0.15) is 16.1 Å². The lowest BCUT2D eigenvalue weighted by Crippen LogP contribution is -2.14. The van der Waals surface area contributed by atoms with E-state index >= 15 is 0 Å². The maximum Gasteiger partial charge on any atom is 0.212 e. The van der Waals surface area contributed by atoms with E-state index < -0.39 is 0 Å². The lowest BCUT2D eigenvalue weighted by Gasteiger charge is -2.07. The molecule has 2 rings (SSSR count). The summed E-state index contributed by atoms with van der Waals surface area (Å²) >= 11 is 12.8. The molecule has 0 spiro atoms. The molecule has 20 heavy (non-hydrogen) atoms. The van der Waals surface area contributed by atoms with Crippen LogP contribution in [0.5, 0.6) is 0 Å². The maximum atomic E-state index is 12.6. The number of ketones is 1. The van der Waals surface area contributed by atoms with Crippen LogP contribution >= 0.6 is 43.5 Å². The molecule has 1 heterocycles. The van der Waals surface area contributed by atoms with Gasteiger partial charge in [0.1, 0.15) is 5.69 Å². The van der Waals surface area contributed by atoms with E-state index in [4.69, 9.17) is 16.3 Å². The highest BCUT2D eigenvalue weighted by Crippen LogP contribution is 2.24. The second-order valence-electron chi connectivity index (χ2n) is 4.04. The fourth-order valence-corrected chi connectivity index (χ4v) is 3.28. The Hall–Kier alpha value is -0.690. The molecule has 0 saturated carbocycles. The number of ether oxygens (including phenoxy) is 1. The van der Waals surface area contributed by atoms with Crippen molar-refractivity contribution in [2.75, 3.05) is 13.7 Å². The van der Waals surface area contributed by atoms with Crippen molar-refractivity contribution in [2.45, 2.75) is 6.54 Å². The van der Waals surface area contributed by atoms with Crippen LogP contribution in [0.2, 0.25) is 5.02 Å². The van der Waals surface area contributed by atoms with E-state index in [0.29, 0.717) is 29.4 Å². The summed E-state index contributed by atoms with van der Waals surface area (Å²) in [5.41, 5.74) is 0.904. The van der Waals surface area contributed by atoms with Gasteiger partial charge in [0.2, 0.25) is 5.78 Å². The number of nitrogens with zero attached hydrogens (tertiary/aromatic N) is 2. The first-order valence-corrected chi connectivity index (χ1v) is 7.70. The van der Waals surface area contributed by atoms with Crippen molar-refractivity contribution in [1.29, 1.82) is 0 Å². The second-order valence-corrected chi connectivity index (χ2v) is 6.28. The SMILES string of the molecule is COCCn1ncc(Cl)c1C(=O)c1cc(Br)cc(Br)c1. The van der Waals surface area contributed by atoms with Gasteiger partial charge in [-0.25, -0.2) is 0 Å². The van der Waals surface area contributed by atoms with Gasteiger partial charge in [0.25, 0.3) is 0 Å². The van der Waals surface area contributed by atoms with E-state index in [1.165, 1.54) is 6.20 Å². The quantitative estimate of drug-likeness (QED) is 0.686. The van der Waals surface area contributed by atoms with Gasteiger partial charge in [-0.2, -0.15) is 5.10 Å². The Morgan fingerprint density at radius 1 is 1.35 bits per heavy atom. The number of halogens is 3. The van der Waals surface area contributed by atoms with Crippen LogP contribution in [0.3, 0.4) is 0 Å². The number of aromatic nitrogens is 2. The molecule has 1 aromatic carbocycles. The average Bonchev–Trinajstić information content (AvgIpc) is 2.75. The van der Waals surface area contributed by atoms with Gasteiger partial charge in [0.05, 0.1) is 24.4 Å². The lowest BCUT2D eigenvalue weighted by molar-refractivity contribution is 0.102. The third-order valence-corrected chi connectivity index (χ3v) is 3.83. The van der Waals surface area contributed by atoms with E-state index in [-0.39, 0.29) is 5.78 Å². The molecule has 0 aliphatic carbocycles. The topological polar surface area (TPSA) is 44.1 Å². The zero-order valence-corrected chi connectivity index (χ0v) is 14.5. The van der Waals surface area contributed by atoms with Gasteiger partial charge in [-0.05, 0) is 18.2 Å². The Kier molecular flexibility index (Phi) is 5.37. The first-order chi connectivity index (χ1) is 9.52. The zero-order valence-electron chi connectivity index (χ0n) is 10.6. The van der Waals surface area contributed by atoms with Crippen LogP contribution in [-0.2, 0) is 11.3 Å². The maximum absolute atomic E-state index is 12.6. The number of methoxy groups -OCH3 is 1. The van der Waals surface area contributed by atoms with Crippen molar-refractivity contribution in [1.82, 2.24) is 9.78 Å². The molecule has 106 valence electrons. The van der Waals surface area contributed by atoms with Crippen LogP contribution in [0, 0.1) is 0 Å². The van der Waals surface area contributed by atoms with Gasteiger partial charge in [0, 0.05) is 21.6 Å². The Bertz CT molecular complexity index is 623. The normalized spacial score (nSPS) is 10.8. The fourth-order valence-electron chi connectivity index (χ4n) is 1.76. The monoisotopic (exact) mass is 420 g/mol. The first kappa shape index (κ1) is 15.7. The van der Waals surface area contributed by atoms with Crippen LogP contribution in [0.25, 0.3) is 0 Å². The Morgan fingerprint density at radius 3 is 2.60 bits per heavy atom. The van der Waals surface area contributed by atoms with Crippen molar-refractivity contribution in [2.24, 2.45) is 0 Å². The molecular weight excluding hydrogens is 411 g/mol. The fraction of sp³-hybridized carbons (Fsp3) is 0.231. The van der Waals surface area contributed by atoms with Crippen LogP contribution in [0.4, 0.5) is 0 Å². The number of rotatable bonds is 5. The van der Waals surface area contributed by atoms with E-state index in [1.807, 2.05) is 6.07 Å². The molecule has 0 amide bonds. The number of carbonyl (C=O) groups excluding carboxylic acids is 1. The molecule has 7 heteroatoms. The molecule has 0 saturated heterocycles. The largest absolute Gasteiger partial charge is 0.383 e. The van der Waals surface area contributed by atoms with Crippen LogP contribution < -0.4 is 0 Å². The van der Waals surface area contributed by atoms with Gasteiger partial charge < -0.3 is 4.74 Å². The van der Waals surface area contributed by atoms with Crippen molar-refractivity contribution >= 4 is 49.2 Å². The van der Waals surface area contributed by atoms with Crippen LogP contribution in [-0.4, -0.2) is 29.3 Å². The summed E-state index contributed by atoms with van der Waals surface area (Å²) < 4.78 is 8.19. The Labute approximate surface area is 138 Å². The van der Waals surface area contributed by atoms with Gasteiger partial charge >= 0.3 is 0 Å². The van der Waals surface area contributed by atoms with Crippen molar-refractivity contribution in [3.05, 3.63) is 49.6 Å². The van der Waals surface area contributed by atoms with Gasteiger partial charge in [-0.15, -0.1) is 0 Å². The molecule has 0 radical (unpaired) electrons. The minimum absolute atomic E-state index is 0.175. The van der Waals surface area contributed by atoms with Crippen molar-refractivity contribution in [3.63, 3.8) is 0 Å². The standard InChI is InChI=1S/C13H11Br2ClN2O2/c1-20-3-2-18-12(11(16)7-17-18)13(19)8-4-9(14)6-10(15)5-8/h4-7H,2-3H2,1H3. The summed E-state index contributed by atoms with van der Waals surface area (Å²) in [5.74, 6) is -0.175. The minimum Gasteiger partial charge on any atom is -0.383 e. The number of carbonyl (C=O) groups is 1. The van der Waals surface area contributed by atoms with Gasteiger partial charge in [-0.3, -0.25) is 9.48 Å². The lowest BCUT2D eigenvalue weighted by atomic mass is 10.1. The number of hydrogen-bond acceptors (Lipinski definition) is 3. The minimum atomic E-state index is -0.175. The van der Waals surface area contributed by atoms with Crippen molar-refractivity contribution in [3.8, 4) is 0 Å². The van der Waals surface area contributed by atoms with E-state index in [9.17, 15) is 4.79 Å². The zero-order chi connectivity index (χ0) is 14.7. The molecule has 0 bridgehead atoms. The molecule has 0 unspecified atom stereocenters. The predicted molar refractivity (Wildman–Crippen MR) is 84.4 cm³/mol. The molecule has 4 nitrogen and oxygen atoms in total. The van der Waals surface area contributed by atoms with Crippen molar-refractivity contribution < 1.29 is 9.53 Å². The number of hydrogen-bond donors (Lipinski definition) is 0. The summed E-state index contributed by atoms with van der Waals surface area (Å²) in [6.07, 6.45) is 1.47. The van der Waals surface area contributed by atoms with E-state index in [1.54, 1.807) is 23.9 Å². The highest BCUT2D eigenvalue weighted by Gasteiger charge is 2.19. The summed E-state index contributed by atoms with van der Waals surface area (Å²) in [7, 11) is 1.60. The third-order valence-electron chi connectivity index (χ3n) is 2.64. The summed E-state index contributed by atoms with van der Waals surface area (Å²) in [6.45, 7) is 0.930. The predicted octanol–water partition coefficient (Wildman–Crippen LogP) is 3.94. The third kappa shape index (κ3) is 3.49. The molecule has 0 N–H and O–H groups in total. The van der Waals surface area contributed by atoms with Gasteiger partial charge in [0.15, 0.2) is 0 Å². The molecular formula is C13H11Br2ClN2O2. The second kappa shape index (κ2) is 6.85. The highest BCUT2D eigenvalue weighted by atomic mass is 79.9. The summed E-state index contributed by atoms with van der Waals surface area (Å²) in [4.78, 5) is 12.6. The molecule has 0 fully saturated rings. The molecule has 0 atom stereocenters. The molecule has 2 aromatic rings. The van der Waals surface area contributed by atoms with Crippen LogP contribution in [0.15, 0.2) is 33.3 Å². The summed E-state index contributed by atoms with van der Waals surface area (Å²) in [5, 5.41) is 4.44. The Morgan fingerprint density at radius 2 is 2.00 bits per heavy atom. The smallest absolute Gasteiger partial charge is 0.212 e. The first-order valence-electron chi connectivity index (χ1n) is 5.74. The molecule has 0 aliphatic heterocycles.